The molecule has 0 aliphatic rings. The monoisotopic (exact) mass is 1350 g/mol. The summed E-state index contributed by atoms with van der Waals surface area (Å²) >= 11 is 0. The summed E-state index contributed by atoms with van der Waals surface area (Å²) in [6, 6.07) is 118. The predicted octanol–water partition coefficient (Wildman–Crippen LogP) is 14.3. The standard InChI is InChI=1S/2C24H18BNO2.C22H16BNO2.C18H14BNO2/c27-25(28)19-13-14-22-21-11-4-5-12-23(21)26(24(22)16-19)20-10-6-9-18(15-20)17-7-2-1-3-8-17;27-25(28)19-12-15-22-21-8-4-5-9-23(21)26(24(22)16-19)20-13-10-18(11-14-20)17-6-2-1-3-7-17;25-23(26)17-10-12-20-19-7-3-4-8-21(19)24(22(20)14-17)18-11-9-15-5-1-2-6-16(15)13-18;21-19(22)13-10-11-16-15-8-4-5-9-17(15)20(18(16)12-13)14-6-2-1-3-7-14/h2*1-16,27-28H;1-14,25-26H;1-12,21-22H. The van der Waals surface area contributed by atoms with Gasteiger partial charge in [0.15, 0.2) is 0 Å². The zero-order valence-electron chi connectivity index (χ0n) is 56.2. The van der Waals surface area contributed by atoms with Gasteiger partial charge in [0.1, 0.15) is 0 Å². The van der Waals surface area contributed by atoms with Crippen LogP contribution in [0, 0.1) is 0 Å². The van der Waals surface area contributed by atoms with Crippen LogP contribution in [0.1, 0.15) is 0 Å². The molecule has 0 aliphatic carbocycles. The van der Waals surface area contributed by atoms with Crippen LogP contribution in [0.3, 0.4) is 0 Å². The number of benzene rings is 15. The van der Waals surface area contributed by atoms with Crippen molar-refractivity contribution in [2.24, 2.45) is 0 Å². The number of rotatable bonds is 10. The molecule has 0 amide bonds. The van der Waals surface area contributed by atoms with Gasteiger partial charge in [-0.1, -0.05) is 255 Å². The van der Waals surface area contributed by atoms with Gasteiger partial charge in [0.25, 0.3) is 0 Å². The molecule has 0 saturated carbocycles. The van der Waals surface area contributed by atoms with Crippen LogP contribution in [0.2, 0.25) is 0 Å². The molecule has 498 valence electrons. The van der Waals surface area contributed by atoms with Crippen molar-refractivity contribution in [1.29, 1.82) is 0 Å². The van der Waals surface area contributed by atoms with E-state index in [-0.39, 0.29) is 0 Å². The second-order valence-corrected chi connectivity index (χ2v) is 25.7. The fourth-order valence-corrected chi connectivity index (χ4v) is 14.5. The number of hydrogen-bond acceptors (Lipinski definition) is 8. The molecule has 0 atom stereocenters. The lowest BCUT2D eigenvalue weighted by molar-refractivity contribution is 0.424. The van der Waals surface area contributed by atoms with E-state index in [1.807, 2.05) is 176 Å². The number of fused-ring (bicyclic) bond motifs is 13. The second kappa shape index (κ2) is 28.6. The molecular formula is C88H66B4N4O8. The Morgan fingerprint density at radius 1 is 0.163 bits per heavy atom. The fraction of sp³-hybridized carbons (Fsp3) is 0. The van der Waals surface area contributed by atoms with Crippen molar-refractivity contribution >= 4 is 148 Å². The summed E-state index contributed by atoms with van der Waals surface area (Å²) < 4.78 is 8.69. The molecule has 15 aromatic carbocycles. The van der Waals surface area contributed by atoms with Crippen molar-refractivity contribution in [3.8, 4) is 45.0 Å². The number of hydrogen-bond donors (Lipinski definition) is 8. The molecule has 0 aliphatic heterocycles. The molecule has 16 heteroatoms. The normalized spacial score (nSPS) is 11.3. The van der Waals surface area contributed by atoms with Gasteiger partial charge in [-0.25, -0.2) is 0 Å². The smallest absolute Gasteiger partial charge is 0.423 e. The minimum Gasteiger partial charge on any atom is -0.423 e. The molecule has 0 bridgehead atoms. The number of aromatic nitrogens is 4. The molecule has 0 fully saturated rings. The van der Waals surface area contributed by atoms with Crippen molar-refractivity contribution in [3.63, 3.8) is 0 Å². The maximum atomic E-state index is 9.66. The quantitative estimate of drug-likeness (QED) is 0.0623. The maximum Gasteiger partial charge on any atom is 0.488 e. The van der Waals surface area contributed by atoms with Crippen LogP contribution in [-0.4, -0.2) is 86.9 Å². The average molecular weight is 1350 g/mol. The van der Waals surface area contributed by atoms with Crippen LogP contribution in [0.15, 0.2) is 352 Å². The Hall–Kier alpha value is -12.3. The molecule has 104 heavy (non-hydrogen) atoms. The number of nitrogens with zero attached hydrogens (tertiary/aromatic N) is 4. The average Bonchev–Trinajstić information content (AvgIpc) is 1.62. The van der Waals surface area contributed by atoms with Gasteiger partial charge in [0.2, 0.25) is 0 Å². The van der Waals surface area contributed by atoms with Gasteiger partial charge in [-0.15, -0.1) is 0 Å². The third kappa shape index (κ3) is 12.7. The Bertz CT molecular complexity index is 6340. The molecule has 8 N–H and O–H groups in total. The third-order valence-corrected chi connectivity index (χ3v) is 19.4. The Morgan fingerprint density at radius 2 is 0.433 bits per heavy atom. The van der Waals surface area contributed by atoms with E-state index in [1.165, 1.54) is 16.3 Å². The van der Waals surface area contributed by atoms with E-state index < -0.39 is 28.5 Å². The molecule has 0 unspecified atom stereocenters. The zero-order chi connectivity index (χ0) is 71.0. The highest BCUT2D eigenvalue weighted by atomic mass is 16.4. The van der Waals surface area contributed by atoms with E-state index in [1.54, 1.807) is 24.3 Å². The summed E-state index contributed by atoms with van der Waals surface area (Å²) in [7, 11) is -5.93. The maximum absolute atomic E-state index is 9.66. The molecule has 0 saturated heterocycles. The van der Waals surface area contributed by atoms with E-state index >= 15 is 0 Å². The van der Waals surface area contributed by atoms with Gasteiger partial charge in [0, 0.05) is 65.8 Å². The Morgan fingerprint density at radius 3 is 0.827 bits per heavy atom. The van der Waals surface area contributed by atoms with Gasteiger partial charge < -0.3 is 58.5 Å². The lowest BCUT2D eigenvalue weighted by atomic mass is 9.80. The predicted molar refractivity (Wildman–Crippen MR) is 431 cm³/mol. The Balaban J connectivity index is 0.000000107. The Kier molecular flexibility index (Phi) is 18.2. The van der Waals surface area contributed by atoms with Gasteiger partial charge >= 0.3 is 28.5 Å². The van der Waals surface area contributed by atoms with Crippen LogP contribution in [-0.2, 0) is 0 Å². The van der Waals surface area contributed by atoms with Gasteiger partial charge in [0.05, 0.1) is 44.1 Å². The highest BCUT2D eigenvalue weighted by Gasteiger charge is 2.22. The van der Waals surface area contributed by atoms with Crippen LogP contribution in [0.25, 0.3) is 143 Å². The molecular weight excluding hydrogens is 1280 g/mol. The SMILES string of the molecule is OB(O)c1ccc2c3ccccc3n(-c3ccc(-c4ccccc4)cc3)c2c1.OB(O)c1ccc2c3ccccc3n(-c3ccc4ccccc4c3)c2c1.OB(O)c1ccc2c3ccccc3n(-c3cccc(-c4ccccc4)c3)c2c1.OB(O)c1ccc2c3ccccc3n(-c3ccccc3)c2c1. The first-order valence-electron chi connectivity index (χ1n) is 34.4. The van der Waals surface area contributed by atoms with Crippen molar-refractivity contribution in [2.45, 2.75) is 0 Å². The van der Waals surface area contributed by atoms with Crippen LogP contribution >= 0.6 is 0 Å². The van der Waals surface area contributed by atoms with E-state index in [0.717, 1.165) is 127 Å². The first-order chi connectivity index (χ1) is 50.9. The van der Waals surface area contributed by atoms with E-state index in [9.17, 15) is 40.2 Å². The molecule has 4 heterocycles. The zero-order valence-corrected chi connectivity index (χ0v) is 56.2. The van der Waals surface area contributed by atoms with E-state index in [0.29, 0.717) is 21.9 Å². The first-order valence-corrected chi connectivity index (χ1v) is 34.4. The largest absolute Gasteiger partial charge is 0.488 e. The third-order valence-electron chi connectivity index (χ3n) is 19.4. The molecule has 12 nitrogen and oxygen atoms in total. The summed E-state index contributed by atoms with van der Waals surface area (Å²) in [6.07, 6.45) is 0. The molecule has 19 rings (SSSR count). The summed E-state index contributed by atoms with van der Waals surface area (Å²) in [5.41, 5.74) is 19.0. The highest BCUT2D eigenvalue weighted by molar-refractivity contribution is 6.60. The summed E-state index contributed by atoms with van der Waals surface area (Å²) in [6.45, 7) is 0. The molecule has 4 aromatic heterocycles. The van der Waals surface area contributed by atoms with Gasteiger partial charge in [-0.05, 0) is 152 Å². The van der Waals surface area contributed by atoms with Crippen molar-refractivity contribution in [1.82, 2.24) is 18.3 Å². The van der Waals surface area contributed by atoms with Gasteiger partial charge in [-0.3, -0.25) is 0 Å². The van der Waals surface area contributed by atoms with Gasteiger partial charge in [-0.2, -0.15) is 0 Å². The molecule has 0 spiro atoms. The van der Waals surface area contributed by atoms with E-state index in [4.69, 9.17) is 0 Å². The van der Waals surface area contributed by atoms with Crippen molar-refractivity contribution < 1.29 is 40.2 Å². The Labute approximate surface area is 600 Å². The minimum atomic E-state index is -1.49. The van der Waals surface area contributed by atoms with Crippen molar-refractivity contribution in [3.05, 3.63) is 352 Å². The summed E-state index contributed by atoms with van der Waals surface area (Å²) in [5.74, 6) is 0. The summed E-state index contributed by atoms with van der Waals surface area (Å²) in [5, 5.41) is 88.1. The summed E-state index contributed by atoms with van der Waals surface area (Å²) in [4.78, 5) is 0. The molecule has 19 aromatic rings. The minimum absolute atomic E-state index is 0.482. The lowest BCUT2D eigenvalue weighted by Gasteiger charge is -2.11. The topological polar surface area (TPSA) is 182 Å². The van der Waals surface area contributed by atoms with E-state index in [2.05, 4.69) is 170 Å². The second-order valence-electron chi connectivity index (χ2n) is 25.7. The number of para-hydroxylation sites is 5. The lowest BCUT2D eigenvalue weighted by Crippen LogP contribution is -2.29. The first kappa shape index (κ1) is 66.3. The van der Waals surface area contributed by atoms with Crippen LogP contribution in [0.5, 0.6) is 0 Å². The van der Waals surface area contributed by atoms with Crippen molar-refractivity contribution in [2.75, 3.05) is 0 Å². The highest BCUT2D eigenvalue weighted by Crippen LogP contribution is 2.37. The fourth-order valence-electron chi connectivity index (χ4n) is 14.5. The molecule has 0 radical (unpaired) electrons. The van der Waals surface area contributed by atoms with Crippen LogP contribution in [0.4, 0.5) is 0 Å². The van der Waals surface area contributed by atoms with Crippen LogP contribution < -0.4 is 21.9 Å².